The minimum absolute atomic E-state index is 0.106. The summed E-state index contributed by atoms with van der Waals surface area (Å²) in [5.41, 5.74) is 4.36. The van der Waals surface area contributed by atoms with Crippen LogP contribution in [0.3, 0.4) is 0 Å². The zero-order chi connectivity index (χ0) is 15.6. The standard InChI is InChI=1S/C17H19BrClNO/c1-10-5-6-17(21-4)13(7-10)12(3)20-16-9-15(19)11(2)8-14(16)18/h5-9,12,20H,1-4H3. The van der Waals surface area contributed by atoms with E-state index in [0.29, 0.717) is 0 Å². The summed E-state index contributed by atoms with van der Waals surface area (Å²) >= 11 is 9.79. The molecule has 112 valence electrons. The molecule has 0 heterocycles. The maximum Gasteiger partial charge on any atom is 0.124 e. The molecule has 0 amide bonds. The molecule has 1 unspecified atom stereocenters. The molecule has 0 bridgehead atoms. The van der Waals surface area contributed by atoms with Crippen LogP contribution in [0.5, 0.6) is 5.75 Å². The maximum absolute atomic E-state index is 6.21. The first-order chi connectivity index (χ1) is 9.92. The predicted octanol–water partition coefficient (Wildman–Crippen LogP) is 5.90. The molecule has 0 spiro atoms. The second-order valence-electron chi connectivity index (χ2n) is 5.19. The number of nitrogens with one attached hydrogen (secondary N) is 1. The van der Waals surface area contributed by atoms with E-state index in [2.05, 4.69) is 41.2 Å². The van der Waals surface area contributed by atoms with Gasteiger partial charge >= 0.3 is 0 Å². The molecule has 2 nitrogen and oxygen atoms in total. The molecule has 21 heavy (non-hydrogen) atoms. The van der Waals surface area contributed by atoms with Gasteiger partial charge in [-0.1, -0.05) is 29.3 Å². The Morgan fingerprint density at radius 2 is 1.90 bits per heavy atom. The Labute approximate surface area is 139 Å². The van der Waals surface area contributed by atoms with Crippen LogP contribution in [0.25, 0.3) is 0 Å². The summed E-state index contributed by atoms with van der Waals surface area (Å²) < 4.78 is 6.46. The number of ether oxygens (including phenoxy) is 1. The van der Waals surface area contributed by atoms with Crippen molar-refractivity contribution in [1.82, 2.24) is 0 Å². The minimum Gasteiger partial charge on any atom is -0.496 e. The first-order valence-electron chi connectivity index (χ1n) is 6.79. The molecule has 0 saturated heterocycles. The van der Waals surface area contributed by atoms with Crippen LogP contribution in [-0.4, -0.2) is 7.11 Å². The highest BCUT2D eigenvalue weighted by Gasteiger charge is 2.13. The third-order valence-electron chi connectivity index (χ3n) is 3.47. The van der Waals surface area contributed by atoms with E-state index >= 15 is 0 Å². The maximum atomic E-state index is 6.21. The van der Waals surface area contributed by atoms with Crippen molar-refractivity contribution in [1.29, 1.82) is 0 Å². The summed E-state index contributed by atoms with van der Waals surface area (Å²) in [6, 6.07) is 10.3. The van der Waals surface area contributed by atoms with Gasteiger partial charge in [-0.25, -0.2) is 0 Å². The molecule has 0 aliphatic carbocycles. The number of aryl methyl sites for hydroxylation is 2. The van der Waals surface area contributed by atoms with Gasteiger partial charge in [-0.3, -0.25) is 0 Å². The van der Waals surface area contributed by atoms with Crippen LogP contribution in [0.4, 0.5) is 5.69 Å². The molecule has 2 aromatic rings. The lowest BCUT2D eigenvalue weighted by Crippen LogP contribution is -2.09. The fraction of sp³-hybridized carbons (Fsp3) is 0.294. The molecule has 0 aliphatic rings. The summed E-state index contributed by atoms with van der Waals surface area (Å²) in [7, 11) is 1.69. The Kier molecular flexibility index (Phi) is 5.17. The second kappa shape index (κ2) is 6.71. The lowest BCUT2D eigenvalue weighted by atomic mass is 10.0. The number of halogens is 2. The molecule has 4 heteroatoms. The Balaban J connectivity index is 2.32. The third-order valence-corrected chi connectivity index (χ3v) is 4.54. The summed E-state index contributed by atoms with van der Waals surface area (Å²) in [5.74, 6) is 0.884. The molecule has 0 saturated carbocycles. The van der Waals surface area contributed by atoms with E-state index in [-0.39, 0.29) is 6.04 Å². The van der Waals surface area contributed by atoms with Crippen LogP contribution >= 0.6 is 27.5 Å². The number of hydrogen-bond acceptors (Lipinski definition) is 2. The van der Waals surface area contributed by atoms with Gasteiger partial charge in [-0.05, 0) is 60.5 Å². The number of anilines is 1. The predicted molar refractivity (Wildman–Crippen MR) is 93.7 cm³/mol. The van der Waals surface area contributed by atoms with Crippen LogP contribution in [-0.2, 0) is 0 Å². The van der Waals surface area contributed by atoms with Crippen molar-refractivity contribution in [3.05, 3.63) is 56.5 Å². The van der Waals surface area contributed by atoms with Crippen LogP contribution in [0, 0.1) is 13.8 Å². The van der Waals surface area contributed by atoms with Crippen molar-refractivity contribution in [2.45, 2.75) is 26.8 Å². The SMILES string of the molecule is COc1ccc(C)cc1C(C)Nc1cc(Cl)c(C)cc1Br. The van der Waals surface area contributed by atoms with Crippen LogP contribution in [0.1, 0.15) is 29.7 Å². The van der Waals surface area contributed by atoms with Crippen LogP contribution in [0.2, 0.25) is 5.02 Å². The highest BCUT2D eigenvalue weighted by molar-refractivity contribution is 9.10. The lowest BCUT2D eigenvalue weighted by Gasteiger charge is -2.20. The molecule has 0 radical (unpaired) electrons. The van der Waals surface area contributed by atoms with Gasteiger partial charge in [0.05, 0.1) is 18.8 Å². The van der Waals surface area contributed by atoms with E-state index in [4.69, 9.17) is 16.3 Å². The quantitative estimate of drug-likeness (QED) is 0.725. The Morgan fingerprint density at radius 1 is 1.19 bits per heavy atom. The van der Waals surface area contributed by atoms with Crippen molar-refractivity contribution in [2.24, 2.45) is 0 Å². The molecule has 0 fully saturated rings. The first kappa shape index (κ1) is 16.2. The highest BCUT2D eigenvalue weighted by Crippen LogP contribution is 2.34. The highest BCUT2D eigenvalue weighted by atomic mass is 79.9. The number of benzene rings is 2. The van der Waals surface area contributed by atoms with Crippen molar-refractivity contribution in [2.75, 3.05) is 12.4 Å². The Hall–Kier alpha value is -1.19. The van der Waals surface area contributed by atoms with Gasteiger partial charge < -0.3 is 10.1 Å². The molecule has 0 aliphatic heterocycles. The number of methoxy groups -OCH3 is 1. The van der Waals surface area contributed by atoms with E-state index in [1.807, 2.05) is 31.2 Å². The molecule has 2 rings (SSSR count). The normalized spacial score (nSPS) is 12.1. The van der Waals surface area contributed by atoms with Gasteiger partial charge in [0.25, 0.3) is 0 Å². The monoisotopic (exact) mass is 367 g/mol. The Morgan fingerprint density at radius 3 is 2.57 bits per heavy atom. The summed E-state index contributed by atoms with van der Waals surface area (Å²) in [6.07, 6.45) is 0. The molecular formula is C17H19BrClNO. The van der Waals surface area contributed by atoms with E-state index in [1.54, 1.807) is 7.11 Å². The zero-order valence-electron chi connectivity index (χ0n) is 12.6. The van der Waals surface area contributed by atoms with Gasteiger partial charge in [0.15, 0.2) is 0 Å². The molecule has 0 aromatic heterocycles. The van der Waals surface area contributed by atoms with Crippen LogP contribution in [0.15, 0.2) is 34.8 Å². The summed E-state index contributed by atoms with van der Waals surface area (Å²) in [5, 5.41) is 4.24. The van der Waals surface area contributed by atoms with Crippen molar-refractivity contribution >= 4 is 33.2 Å². The first-order valence-corrected chi connectivity index (χ1v) is 7.96. The van der Waals surface area contributed by atoms with E-state index in [1.165, 1.54) is 5.56 Å². The van der Waals surface area contributed by atoms with E-state index < -0.39 is 0 Å². The van der Waals surface area contributed by atoms with Crippen molar-refractivity contribution in [3.8, 4) is 5.75 Å². The van der Waals surface area contributed by atoms with Gasteiger partial charge in [0.2, 0.25) is 0 Å². The largest absolute Gasteiger partial charge is 0.496 e. The van der Waals surface area contributed by atoms with E-state index in [0.717, 1.165) is 32.1 Å². The van der Waals surface area contributed by atoms with Crippen molar-refractivity contribution < 1.29 is 4.74 Å². The van der Waals surface area contributed by atoms with Gasteiger partial charge in [0.1, 0.15) is 5.75 Å². The number of rotatable bonds is 4. The minimum atomic E-state index is 0.106. The Bertz CT molecular complexity index is 657. The van der Waals surface area contributed by atoms with Crippen molar-refractivity contribution in [3.63, 3.8) is 0 Å². The third kappa shape index (κ3) is 3.72. The smallest absolute Gasteiger partial charge is 0.124 e. The zero-order valence-corrected chi connectivity index (χ0v) is 15.0. The topological polar surface area (TPSA) is 21.3 Å². The summed E-state index contributed by atoms with van der Waals surface area (Å²) in [6.45, 7) is 6.18. The number of hydrogen-bond donors (Lipinski definition) is 1. The van der Waals surface area contributed by atoms with Crippen LogP contribution < -0.4 is 10.1 Å². The molecule has 2 aromatic carbocycles. The van der Waals surface area contributed by atoms with Gasteiger partial charge in [-0.2, -0.15) is 0 Å². The second-order valence-corrected chi connectivity index (χ2v) is 6.45. The fourth-order valence-electron chi connectivity index (χ4n) is 2.26. The average Bonchev–Trinajstić information content (AvgIpc) is 2.44. The fourth-order valence-corrected chi connectivity index (χ4v) is 3.00. The molecule has 1 atom stereocenters. The lowest BCUT2D eigenvalue weighted by molar-refractivity contribution is 0.408. The molecule has 1 N–H and O–H groups in total. The van der Waals surface area contributed by atoms with E-state index in [9.17, 15) is 0 Å². The average molecular weight is 369 g/mol. The molecular weight excluding hydrogens is 350 g/mol. The van der Waals surface area contributed by atoms with Gasteiger partial charge in [-0.15, -0.1) is 0 Å². The summed E-state index contributed by atoms with van der Waals surface area (Å²) in [4.78, 5) is 0. The van der Waals surface area contributed by atoms with Gasteiger partial charge in [0, 0.05) is 15.1 Å².